The van der Waals surface area contributed by atoms with Crippen LogP contribution in [0.5, 0.6) is 0 Å². The second kappa shape index (κ2) is 7.03. The van der Waals surface area contributed by atoms with Crippen molar-refractivity contribution < 1.29 is 13.7 Å². The molecule has 1 aliphatic rings. The molecule has 1 fully saturated rings. The molecule has 0 atom stereocenters. The number of nitrogens with one attached hydrogen (secondary N) is 1. The minimum atomic E-state index is 0.391. The summed E-state index contributed by atoms with van der Waals surface area (Å²) in [7, 11) is 0. The number of fused-ring (bicyclic) bond motifs is 1. The van der Waals surface area contributed by atoms with Crippen LogP contribution in [-0.4, -0.2) is 27.9 Å². The number of aromatic nitrogens is 3. The highest BCUT2D eigenvalue weighted by atomic mass is 32.1. The van der Waals surface area contributed by atoms with Crippen molar-refractivity contribution in [3.8, 4) is 11.7 Å². The quantitative estimate of drug-likeness (QED) is 0.532. The van der Waals surface area contributed by atoms with Gasteiger partial charge in [-0.3, -0.25) is 0 Å². The normalized spacial score (nSPS) is 20.3. The number of furan rings is 1. The van der Waals surface area contributed by atoms with Crippen LogP contribution in [0.1, 0.15) is 23.8 Å². The molecule has 0 radical (unpaired) electrons. The third-order valence-electron chi connectivity index (χ3n) is 5.06. The molecule has 0 saturated carbocycles. The van der Waals surface area contributed by atoms with E-state index in [4.69, 9.17) is 26.0 Å². The fourth-order valence-electron chi connectivity index (χ4n) is 3.61. The van der Waals surface area contributed by atoms with Crippen molar-refractivity contribution >= 4 is 33.8 Å². The standard InChI is InChI=1S/C19H18N4O2S2/c26-19-23(21-17(25-19)15-5-3-11-24-15)12-22-9-7-13(8-10-22)18-20-14-4-1-2-6-16(14)27-18/h1-6,11,13H,7-10,12H2/p+1. The summed E-state index contributed by atoms with van der Waals surface area (Å²) in [5.41, 5.74) is 1.12. The first-order chi connectivity index (χ1) is 13.3. The average molecular weight is 400 g/mol. The maximum absolute atomic E-state index is 5.58. The first kappa shape index (κ1) is 16.9. The zero-order chi connectivity index (χ0) is 18.2. The molecule has 138 valence electrons. The van der Waals surface area contributed by atoms with Crippen LogP contribution < -0.4 is 4.90 Å². The first-order valence-corrected chi connectivity index (χ1v) is 10.3. The van der Waals surface area contributed by atoms with Gasteiger partial charge < -0.3 is 13.7 Å². The van der Waals surface area contributed by atoms with Crippen LogP contribution in [0.2, 0.25) is 0 Å². The Morgan fingerprint density at radius 3 is 2.81 bits per heavy atom. The molecule has 6 nitrogen and oxygen atoms in total. The number of benzene rings is 1. The molecule has 8 heteroatoms. The third-order valence-corrected chi connectivity index (χ3v) is 6.56. The maximum Gasteiger partial charge on any atom is 0.292 e. The molecule has 0 aliphatic carbocycles. The van der Waals surface area contributed by atoms with Crippen molar-refractivity contribution in [3.05, 3.63) is 52.5 Å². The lowest BCUT2D eigenvalue weighted by atomic mass is 9.98. The van der Waals surface area contributed by atoms with E-state index in [1.807, 2.05) is 23.5 Å². The van der Waals surface area contributed by atoms with Crippen molar-refractivity contribution in [3.63, 3.8) is 0 Å². The molecule has 1 aliphatic heterocycles. The van der Waals surface area contributed by atoms with E-state index in [2.05, 4.69) is 29.4 Å². The van der Waals surface area contributed by atoms with Gasteiger partial charge in [0.05, 0.1) is 34.6 Å². The molecule has 5 rings (SSSR count). The number of hydrogen-bond acceptors (Lipinski definition) is 6. The molecular formula is C19H19N4O2S2+. The van der Waals surface area contributed by atoms with Gasteiger partial charge in [-0.1, -0.05) is 12.1 Å². The van der Waals surface area contributed by atoms with Crippen LogP contribution in [0.3, 0.4) is 0 Å². The largest absolute Gasteiger partial charge is 0.459 e. The molecule has 4 heterocycles. The Hall–Kier alpha value is -2.29. The molecule has 0 spiro atoms. The SMILES string of the molecule is S=c1oc(-c2ccco2)nn1C[NH+]1CCC(c2nc3ccccc3s2)CC1. The van der Waals surface area contributed by atoms with Crippen molar-refractivity contribution in [1.29, 1.82) is 0 Å². The number of quaternary nitrogens is 1. The van der Waals surface area contributed by atoms with E-state index >= 15 is 0 Å². The first-order valence-electron chi connectivity index (χ1n) is 9.07. The van der Waals surface area contributed by atoms with E-state index in [1.165, 1.54) is 14.6 Å². The molecule has 27 heavy (non-hydrogen) atoms. The Morgan fingerprint density at radius 1 is 1.19 bits per heavy atom. The summed E-state index contributed by atoms with van der Waals surface area (Å²) < 4.78 is 14.0. The number of likely N-dealkylation sites (tertiary alicyclic amines) is 1. The summed E-state index contributed by atoms with van der Waals surface area (Å²) in [5.74, 6) is 1.59. The predicted molar refractivity (Wildman–Crippen MR) is 105 cm³/mol. The van der Waals surface area contributed by atoms with Gasteiger partial charge in [0, 0.05) is 18.8 Å². The molecule has 0 amide bonds. The predicted octanol–water partition coefficient (Wildman–Crippen LogP) is 3.50. The van der Waals surface area contributed by atoms with E-state index in [9.17, 15) is 0 Å². The number of para-hydroxylation sites is 1. The van der Waals surface area contributed by atoms with Gasteiger partial charge in [0.2, 0.25) is 0 Å². The van der Waals surface area contributed by atoms with Crippen LogP contribution in [0.4, 0.5) is 0 Å². The summed E-state index contributed by atoms with van der Waals surface area (Å²) in [6.45, 7) is 2.87. The zero-order valence-electron chi connectivity index (χ0n) is 14.6. The van der Waals surface area contributed by atoms with Crippen molar-refractivity contribution in [1.82, 2.24) is 14.8 Å². The summed E-state index contributed by atoms with van der Waals surface area (Å²) in [4.78, 5) is 6.69. The smallest absolute Gasteiger partial charge is 0.292 e. The van der Waals surface area contributed by atoms with Crippen molar-refractivity contribution in [2.75, 3.05) is 13.1 Å². The lowest BCUT2D eigenvalue weighted by Crippen LogP contribution is -3.12. The van der Waals surface area contributed by atoms with Crippen LogP contribution in [-0.2, 0) is 6.67 Å². The monoisotopic (exact) mass is 399 g/mol. The summed E-state index contributed by atoms with van der Waals surface area (Å²) >= 11 is 7.16. The highest BCUT2D eigenvalue weighted by Crippen LogP contribution is 2.31. The Balaban J connectivity index is 1.25. The summed E-state index contributed by atoms with van der Waals surface area (Å²) in [6, 6.07) is 12.0. The average Bonchev–Trinajstić information content (AvgIpc) is 3.42. The van der Waals surface area contributed by atoms with Crippen molar-refractivity contribution in [2.24, 2.45) is 0 Å². The minimum absolute atomic E-state index is 0.391. The molecular weight excluding hydrogens is 380 g/mol. The fraction of sp³-hybridized carbons (Fsp3) is 0.316. The van der Waals surface area contributed by atoms with Crippen LogP contribution >= 0.6 is 23.6 Å². The Morgan fingerprint density at radius 2 is 2.04 bits per heavy atom. The molecule has 1 aromatic carbocycles. The van der Waals surface area contributed by atoms with Gasteiger partial charge in [-0.15, -0.1) is 16.4 Å². The van der Waals surface area contributed by atoms with Gasteiger partial charge in [0.25, 0.3) is 10.7 Å². The molecule has 3 aromatic heterocycles. The zero-order valence-corrected chi connectivity index (χ0v) is 16.3. The Bertz CT molecular complexity index is 1070. The second-order valence-electron chi connectivity index (χ2n) is 6.85. The number of rotatable bonds is 4. The van der Waals surface area contributed by atoms with Gasteiger partial charge in [0.1, 0.15) is 0 Å². The highest BCUT2D eigenvalue weighted by molar-refractivity contribution is 7.71. The van der Waals surface area contributed by atoms with E-state index in [1.54, 1.807) is 10.9 Å². The number of piperidine rings is 1. The van der Waals surface area contributed by atoms with Gasteiger partial charge in [-0.2, -0.15) is 4.68 Å². The summed E-state index contributed by atoms with van der Waals surface area (Å²) in [5, 5.41) is 5.74. The number of hydrogen-bond donors (Lipinski definition) is 1. The second-order valence-corrected chi connectivity index (χ2v) is 8.26. The van der Waals surface area contributed by atoms with Crippen LogP contribution in [0, 0.1) is 4.84 Å². The lowest BCUT2D eigenvalue weighted by Gasteiger charge is -2.27. The molecule has 0 unspecified atom stereocenters. The summed E-state index contributed by atoms with van der Waals surface area (Å²) in [6.07, 6.45) is 3.86. The van der Waals surface area contributed by atoms with Gasteiger partial charge >= 0.3 is 0 Å². The third kappa shape index (κ3) is 3.36. The lowest BCUT2D eigenvalue weighted by molar-refractivity contribution is -0.928. The number of nitrogens with zero attached hydrogens (tertiary/aromatic N) is 3. The van der Waals surface area contributed by atoms with Gasteiger partial charge in [-0.05, 0) is 36.5 Å². The molecule has 4 aromatic rings. The van der Waals surface area contributed by atoms with Crippen molar-refractivity contribution in [2.45, 2.75) is 25.4 Å². The van der Waals surface area contributed by atoms with E-state index in [0.717, 1.165) is 38.1 Å². The Kier molecular flexibility index (Phi) is 4.39. The van der Waals surface area contributed by atoms with Gasteiger partial charge in [-0.25, -0.2) is 4.98 Å². The molecule has 0 bridgehead atoms. The fourth-order valence-corrected chi connectivity index (χ4v) is 4.93. The molecule has 1 saturated heterocycles. The van der Waals surface area contributed by atoms with E-state index < -0.39 is 0 Å². The highest BCUT2D eigenvalue weighted by Gasteiger charge is 2.26. The van der Waals surface area contributed by atoms with E-state index in [0.29, 0.717) is 22.4 Å². The number of thiazole rings is 1. The van der Waals surface area contributed by atoms with Crippen LogP contribution in [0.25, 0.3) is 21.9 Å². The van der Waals surface area contributed by atoms with Crippen LogP contribution in [0.15, 0.2) is 51.5 Å². The molecule has 1 N–H and O–H groups in total. The Labute approximate surface area is 165 Å². The maximum atomic E-state index is 5.58. The topological polar surface area (TPSA) is 61.4 Å². The van der Waals surface area contributed by atoms with E-state index in [-0.39, 0.29) is 0 Å². The minimum Gasteiger partial charge on any atom is -0.459 e. The van der Waals surface area contributed by atoms with Gasteiger partial charge in [0.15, 0.2) is 12.4 Å².